The molecule has 29 heavy (non-hydrogen) atoms. The van der Waals surface area contributed by atoms with Gasteiger partial charge in [-0.05, 0) is 31.9 Å². The van der Waals surface area contributed by atoms with E-state index in [1.165, 1.54) is 24.3 Å². The summed E-state index contributed by atoms with van der Waals surface area (Å²) >= 11 is 0. The smallest absolute Gasteiger partial charge is 0.339 e. The van der Waals surface area contributed by atoms with E-state index in [0.717, 1.165) is 0 Å². The Morgan fingerprint density at radius 2 is 1.69 bits per heavy atom. The number of aryl methyl sites for hydroxylation is 2. The molecule has 10 nitrogen and oxygen atoms in total. The number of amides is 1. The summed E-state index contributed by atoms with van der Waals surface area (Å²) in [5.41, 5.74) is -0.107. The second kappa shape index (κ2) is 9.52. The number of rotatable bonds is 8. The van der Waals surface area contributed by atoms with Crippen LogP contribution in [-0.4, -0.2) is 48.4 Å². The van der Waals surface area contributed by atoms with Crippen molar-refractivity contribution in [2.75, 3.05) is 18.5 Å². The average Bonchev–Trinajstić information content (AvgIpc) is 2.63. The lowest BCUT2D eigenvalue weighted by Gasteiger charge is -2.12. The molecule has 1 amide bonds. The van der Waals surface area contributed by atoms with Gasteiger partial charge in [0.05, 0.1) is 23.6 Å². The minimum Gasteiger partial charge on any atom is -0.462 e. The van der Waals surface area contributed by atoms with Crippen LogP contribution in [0.2, 0.25) is 0 Å². The van der Waals surface area contributed by atoms with Gasteiger partial charge >= 0.3 is 5.97 Å². The highest BCUT2D eigenvalue weighted by atomic mass is 32.2. The number of esters is 1. The second-order valence-corrected chi connectivity index (χ2v) is 8.35. The molecule has 2 aromatic rings. The van der Waals surface area contributed by atoms with Crippen molar-refractivity contribution < 1.29 is 22.7 Å². The molecular formula is C18H23N5O5S. The van der Waals surface area contributed by atoms with Crippen LogP contribution in [0.1, 0.15) is 35.9 Å². The molecule has 0 atom stereocenters. The molecule has 0 aliphatic carbocycles. The number of sulfonamides is 1. The van der Waals surface area contributed by atoms with Crippen LogP contribution in [0.3, 0.4) is 0 Å². The van der Waals surface area contributed by atoms with E-state index < -0.39 is 28.4 Å². The summed E-state index contributed by atoms with van der Waals surface area (Å²) < 4.78 is 32.5. The zero-order valence-corrected chi connectivity index (χ0v) is 17.4. The van der Waals surface area contributed by atoms with Crippen molar-refractivity contribution in [1.82, 2.24) is 19.7 Å². The monoisotopic (exact) mass is 421 g/mol. The van der Waals surface area contributed by atoms with Gasteiger partial charge in [0, 0.05) is 0 Å². The van der Waals surface area contributed by atoms with Gasteiger partial charge in [0.2, 0.25) is 21.9 Å². The molecule has 0 fully saturated rings. The van der Waals surface area contributed by atoms with Crippen molar-refractivity contribution in [2.24, 2.45) is 5.92 Å². The first kappa shape index (κ1) is 22.4. The first-order valence-corrected chi connectivity index (χ1v) is 10.3. The van der Waals surface area contributed by atoms with Gasteiger partial charge in [-0.15, -0.1) is 0 Å². The van der Waals surface area contributed by atoms with E-state index >= 15 is 0 Å². The first-order valence-electron chi connectivity index (χ1n) is 8.83. The van der Waals surface area contributed by atoms with Crippen LogP contribution in [0, 0.1) is 19.8 Å². The summed E-state index contributed by atoms with van der Waals surface area (Å²) in [5, 5.41) is 2.40. The van der Waals surface area contributed by atoms with Gasteiger partial charge < -0.3 is 4.74 Å². The first-order chi connectivity index (χ1) is 13.6. The Hall–Kier alpha value is -2.92. The van der Waals surface area contributed by atoms with Gasteiger partial charge in [-0.2, -0.15) is 9.97 Å². The molecule has 156 valence electrons. The Balaban J connectivity index is 2.09. The molecule has 1 aromatic carbocycles. The van der Waals surface area contributed by atoms with Gasteiger partial charge in [-0.25, -0.2) is 22.9 Å². The SMILES string of the molecule is Cc1nc(C)nc(NC(=O)CNS(=O)(=O)c2ccccc2C(=O)OCC(C)C)n1. The summed E-state index contributed by atoms with van der Waals surface area (Å²) in [6, 6.07) is 5.63. The van der Waals surface area contributed by atoms with E-state index in [0.29, 0.717) is 11.6 Å². The van der Waals surface area contributed by atoms with E-state index in [1.807, 2.05) is 13.8 Å². The number of carbonyl (C=O) groups excluding carboxylic acids is 2. The van der Waals surface area contributed by atoms with Crippen molar-refractivity contribution in [3.8, 4) is 0 Å². The Morgan fingerprint density at radius 1 is 1.07 bits per heavy atom. The van der Waals surface area contributed by atoms with Crippen molar-refractivity contribution in [1.29, 1.82) is 0 Å². The van der Waals surface area contributed by atoms with E-state index in [-0.39, 0.29) is 28.9 Å². The van der Waals surface area contributed by atoms with Gasteiger partial charge in [0.25, 0.3) is 0 Å². The van der Waals surface area contributed by atoms with Crippen molar-refractivity contribution >= 4 is 27.8 Å². The molecule has 2 rings (SSSR count). The van der Waals surface area contributed by atoms with Crippen molar-refractivity contribution in [3.05, 3.63) is 41.5 Å². The van der Waals surface area contributed by atoms with Crippen molar-refractivity contribution in [2.45, 2.75) is 32.6 Å². The van der Waals surface area contributed by atoms with Crippen molar-refractivity contribution in [3.63, 3.8) is 0 Å². The fraction of sp³-hybridized carbons (Fsp3) is 0.389. The number of anilines is 1. The summed E-state index contributed by atoms with van der Waals surface area (Å²) in [6.07, 6.45) is 0. The third-order valence-corrected chi connectivity index (χ3v) is 4.94. The number of benzene rings is 1. The topological polar surface area (TPSA) is 140 Å². The maximum atomic E-state index is 12.6. The molecule has 0 saturated carbocycles. The fourth-order valence-corrected chi connectivity index (χ4v) is 3.44. The van der Waals surface area contributed by atoms with E-state index in [4.69, 9.17) is 4.74 Å². The third-order valence-electron chi connectivity index (χ3n) is 3.48. The molecule has 2 N–H and O–H groups in total. The Bertz CT molecular complexity index is 987. The van der Waals surface area contributed by atoms with Crippen LogP contribution in [0.15, 0.2) is 29.2 Å². The third kappa shape index (κ3) is 6.57. The number of nitrogens with one attached hydrogen (secondary N) is 2. The van der Waals surface area contributed by atoms with Gasteiger partial charge in [0.15, 0.2) is 0 Å². The number of hydrogen-bond donors (Lipinski definition) is 2. The Morgan fingerprint density at radius 3 is 2.31 bits per heavy atom. The van der Waals surface area contributed by atoms with E-state index in [2.05, 4.69) is 25.0 Å². The molecule has 0 unspecified atom stereocenters. The molecule has 0 radical (unpaired) electrons. The molecule has 0 bridgehead atoms. The van der Waals surface area contributed by atoms with Crippen LogP contribution >= 0.6 is 0 Å². The van der Waals surface area contributed by atoms with Gasteiger partial charge in [0.1, 0.15) is 11.6 Å². The van der Waals surface area contributed by atoms with Crippen LogP contribution in [0.25, 0.3) is 0 Å². The minimum atomic E-state index is -4.14. The summed E-state index contributed by atoms with van der Waals surface area (Å²) in [7, 11) is -4.14. The molecule has 0 saturated heterocycles. The molecule has 1 heterocycles. The lowest BCUT2D eigenvalue weighted by atomic mass is 10.2. The maximum absolute atomic E-state index is 12.6. The number of carbonyl (C=O) groups is 2. The highest BCUT2D eigenvalue weighted by molar-refractivity contribution is 7.89. The lowest BCUT2D eigenvalue weighted by molar-refractivity contribution is -0.115. The lowest BCUT2D eigenvalue weighted by Crippen LogP contribution is -2.34. The molecule has 0 spiro atoms. The largest absolute Gasteiger partial charge is 0.462 e. The molecule has 0 aliphatic heterocycles. The normalized spacial score (nSPS) is 11.3. The number of aromatic nitrogens is 3. The Labute approximate surface area is 169 Å². The Kier molecular flexibility index (Phi) is 7.35. The zero-order chi connectivity index (χ0) is 21.6. The van der Waals surface area contributed by atoms with E-state index in [9.17, 15) is 18.0 Å². The maximum Gasteiger partial charge on any atom is 0.339 e. The predicted molar refractivity (Wildman–Crippen MR) is 105 cm³/mol. The average molecular weight is 421 g/mol. The summed E-state index contributed by atoms with van der Waals surface area (Å²) in [5.74, 6) is -0.452. The highest BCUT2D eigenvalue weighted by Crippen LogP contribution is 2.17. The number of ether oxygens (including phenoxy) is 1. The van der Waals surface area contributed by atoms with Gasteiger partial charge in [-0.1, -0.05) is 26.0 Å². The summed E-state index contributed by atoms with van der Waals surface area (Å²) in [4.78, 5) is 36.0. The summed E-state index contributed by atoms with van der Waals surface area (Å²) in [6.45, 7) is 6.61. The van der Waals surface area contributed by atoms with E-state index in [1.54, 1.807) is 13.8 Å². The number of hydrogen-bond acceptors (Lipinski definition) is 8. The van der Waals surface area contributed by atoms with Crippen LogP contribution in [0.5, 0.6) is 0 Å². The molecular weight excluding hydrogens is 398 g/mol. The molecule has 0 aliphatic rings. The minimum absolute atomic E-state index is 0.0249. The highest BCUT2D eigenvalue weighted by Gasteiger charge is 2.24. The van der Waals surface area contributed by atoms with Crippen LogP contribution in [-0.2, 0) is 19.6 Å². The second-order valence-electron chi connectivity index (χ2n) is 6.61. The van der Waals surface area contributed by atoms with Gasteiger partial charge in [-0.3, -0.25) is 10.1 Å². The van der Waals surface area contributed by atoms with Crippen LogP contribution in [0.4, 0.5) is 5.95 Å². The molecule has 11 heteroatoms. The standard InChI is InChI=1S/C18H23N5O5S/c1-11(2)10-28-17(25)14-7-5-6-8-15(14)29(26,27)19-9-16(24)23-18-21-12(3)20-13(4)22-18/h5-8,11,19H,9-10H2,1-4H3,(H,20,21,22,23,24). The number of nitrogens with zero attached hydrogens (tertiary/aromatic N) is 3. The van der Waals surface area contributed by atoms with Crippen LogP contribution < -0.4 is 10.0 Å². The predicted octanol–water partition coefficient (Wildman–Crippen LogP) is 1.22. The molecule has 1 aromatic heterocycles. The fourth-order valence-electron chi connectivity index (χ4n) is 2.27. The zero-order valence-electron chi connectivity index (χ0n) is 16.6. The quantitative estimate of drug-likeness (QED) is 0.606.